The van der Waals surface area contributed by atoms with Crippen molar-refractivity contribution in [3.05, 3.63) is 35.8 Å². The van der Waals surface area contributed by atoms with Gasteiger partial charge in [-0.15, -0.1) is 0 Å². The van der Waals surface area contributed by atoms with E-state index in [2.05, 4.69) is 0 Å². The molecule has 0 aromatic carbocycles. The first-order chi connectivity index (χ1) is 12.0. The Hall–Kier alpha value is -3.03. The Kier molecular flexibility index (Phi) is 4.35. The van der Waals surface area contributed by atoms with E-state index in [1.807, 2.05) is 0 Å². The van der Waals surface area contributed by atoms with Crippen molar-refractivity contribution in [1.29, 1.82) is 0 Å². The minimum absolute atomic E-state index is 0.0803. The van der Waals surface area contributed by atoms with Gasteiger partial charge in [-0.3, -0.25) is 4.79 Å². The van der Waals surface area contributed by atoms with E-state index in [4.69, 9.17) is 14.2 Å². The summed E-state index contributed by atoms with van der Waals surface area (Å²) in [7, 11) is 2.43. The number of nitrogens with zero attached hydrogens (tertiary/aromatic N) is 2. The minimum atomic E-state index is -1.14. The summed E-state index contributed by atoms with van der Waals surface area (Å²) in [5.74, 6) is -3.14. The highest BCUT2D eigenvalue weighted by Crippen LogP contribution is 2.43. The number of carbonyl (C=O) groups excluding carboxylic acids is 3. The van der Waals surface area contributed by atoms with Gasteiger partial charge in [0.2, 0.25) is 0 Å². The fourth-order valence-electron chi connectivity index (χ4n) is 3.23. The van der Waals surface area contributed by atoms with Crippen molar-refractivity contribution in [2.24, 2.45) is 5.92 Å². The lowest BCUT2D eigenvalue weighted by Gasteiger charge is -2.29. The molecule has 1 aromatic rings. The van der Waals surface area contributed by atoms with Crippen LogP contribution in [0.25, 0.3) is 11.9 Å². The molecule has 8 heteroatoms. The number of hydrogen-bond donors (Lipinski definition) is 0. The third-order valence-electron chi connectivity index (χ3n) is 4.24. The predicted octanol–water partition coefficient (Wildman–Crippen LogP) is 0.850. The van der Waals surface area contributed by atoms with Gasteiger partial charge in [0, 0.05) is 18.6 Å². The maximum atomic E-state index is 12.5. The van der Waals surface area contributed by atoms with Gasteiger partial charge in [-0.1, -0.05) is 0 Å². The molecule has 2 atom stereocenters. The van der Waals surface area contributed by atoms with Crippen molar-refractivity contribution in [3.63, 3.8) is 0 Å². The second-order valence-electron chi connectivity index (χ2n) is 5.46. The average molecular weight is 346 g/mol. The lowest BCUT2D eigenvalue weighted by atomic mass is 9.93. The molecule has 8 nitrogen and oxygen atoms in total. The molecule has 2 aliphatic heterocycles. The Morgan fingerprint density at radius 3 is 2.52 bits per heavy atom. The number of aromatic nitrogens is 1. The van der Waals surface area contributed by atoms with Crippen LogP contribution in [0.2, 0.25) is 0 Å². The first-order valence-electron chi connectivity index (χ1n) is 7.76. The monoisotopic (exact) mass is 346 g/mol. The van der Waals surface area contributed by atoms with Gasteiger partial charge >= 0.3 is 17.9 Å². The van der Waals surface area contributed by atoms with Crippen LogP contribution in [-0.2, 0) is 28.6 Å². The first-order valence-corrected chi connectivity index (χ1v) is 7.76. The number of methoxy groups -OCH3 is 2. The average Bonchev–Trinajstić information content (AvgIpc) is 3.22. The van der Waals surface area contributed by atoms with Crippen molar-refractivity contribution >= 4 is 29.8 Å². The van der Waals surface area contributed by atoms with Crippen LogP contribution in [0.3, 0.4) is 0 Å². The Morgan fingerprint density at radius 2 is 1.88 bits per heavy atom. The first kappa shape index (κ1) is 16.8. The van der Waals surface area contributed by atoms with E-state index < -0.39 is 29.9 Å². The number of hydrogen-bond acceptors (Lipinski definition) is 7. The standard InChI is InChI=1S/C17H18N2O6/c1-4-25-17(22)14-12(16(21)24-3)11(15(20)23-2)13-10-6-5-7-18(10)8-9-19(13)14/h5-9,12,14H,4H2,1-3H3/t12-,14-/m1/s1. The third kappa shape index (κ3) is 2.50. The van der Waals surface area contributed by atoms with Crippen LogP contribution >= 0.6 is 0 Å². The molecule has 0 aliphatic carbocycles. The van der Waals surface area contributed by atoms with Crippen LogP contribution in [0.15, 0.2) is 30.1 Å². The molecule has 0 saturated carbocycles. The number of rotatable bonds is 4. The van der Waals surface area contributed by atoms with Gasteiger partial charge in [-0.2, -0.15) is 0 Å². The second kappa shape index (κ2) is 6.46. The molecule has 0 unspecified atom stereocenters. The molecule has 0 spiro atoms. The van der Waals surface area contributed by atoms with E-state index in [0.29, 0.717) is 11.4 Å². The van der Waals surface area contributed by atoms with Crippen molar-refractivity contribution < 1.29 is 28.6 Å². The molecule has 0 amide bonds. The molecule has 2 aliphatic rings. The smallest absolute Gasteiger partial charge is 0.336 e. The zero-order valence-electron chi connectivity index (χ0n) is 14.1. The maximum Gasteiger partial charge on any atom is 0.336 e. The van der Waals surface area contributed by atoms with Gasteiger partial charge in [0.1, 0.15) is 12.0 Å². The van der Waals surface area contributed by atoms with E-state index in [0.717, 1.165) is 0 Å². The summed E-state index contributed by atoms with van der Waals surface area (Å²) in [5, 5.41) is 0. The van der Waals surface area contributed by atoms with E-state index in [1.165, 1.54) is 14.2 Å². The molecule has 0 bridgehead atoms. The highest BCUT2D eigenvalue weighted by Gasteiger charge is 2.53. The predicted molar refractivity (Wildman–Crippen MR) is 86.5 cm³/mol. The number of fused-ring (bicyclic) bond motifs is 3. The zero-order valence-corrected chi connectivity index (χ0v) is 14.1. The lowest BCUT2D eigenvalue weighted by Crippen LogP contribution is -2.43. The largest absolute Gasteiger partial charge is 0.468 e. The summed E-state index contributed by atoms with van der Waals surface area (Å²) >= 11 is 0. The molecule has 0 radical (unpaired) electrons. The van der Waals surface area contributed by atoms with Crippen LogP contribution in [-0.4, -0.2) is 54.2 Å². The van der Waals surface area contributed by atoms with Gasteiger partial charge < -0.3 is 23.7 Å². The van der Waals surface area contributed by atoms with Crippen molar-refractivity contribution in [3.8, 4) is 0 Å². The van der Waals surface area contributed by atoms with Crippen molar-refractivity contribution in [1.82, 2.24) is 9.47 Å². The summed E-state index contributed by atoms with van der Waals surface area (Å²) < 4.78 is 16.6. The normalized spacial score (nSPS) is 20.8. The molecule has 132 valence electrons. The minimum Gasteiger partial charge on any atom is -0.468 e. The van der Waals surface area contributed by atoms with Crippen molar-refractivity contribution in [2.75, 3.05) is 20.8 Å². The van der Waals surface area contributed by atoms with Crippen LogP contribution in [0.4, 0.5) is 0 Å². The van der Waals surface area contributed by atoms with Crippen molar-refractivity contribution in [2.45, 2.75) is 13.0 Å². The zero-order chi connectivity index (χ0) is 18.1. The molecule has 0 N–H and O–H groups in total. The molecule has 25 heavy (non-hydrogen) atoms. The fraction of sp³-hybridized carbons (Fsp3) is 0.353. The molecule has 1 aromatic heterocycles. The maximum absolute atomic E-state index is 12.5. The van der Waals surface area contributed by atoms with Gasteiger partial charge in [0.25, 0.3) is 0 Å². The molecular formula is C17H18N2O6. The summed E-state index contributed by atoms with van der Waals surface area (Å²) in [6, 6.07) is 2.56. The van der Waals surface area contributed by atoms with Gasteiger partial charge in [-0.05, 0) is 19.1 Å². The van der Waals surface area contributed by atoms with Crippen LogP contribution < -0.4 is 0 Å². The van der Waals surface area contributed by atoms with Gasteiger partial charge in [0.15, 0.2) is 0 Å². The molecular weight excluding hydrogens is 328 g/mol. The van der Waals surface area contributed by atoms with Gasteiger partial charge in [-0.25, -0.2) is 9.59 Å². The summed E-state index contributed by atoms with van der Waals surface area (Å²) in [4.78, 5) is 39.0. The second-order valence-corrected chi connectivity index (χ2v) is 5.46. The molecule has 0 saturated heterocycles. The Balaban J connectivity index is 2.22. The van der Waals surface area contributed by atoms with Crippen LogP contribution in [0, 0.1) is 5.92 Å². The number of carbonyl (C=O) groups is 3. The molecule has 3 rings (SSSR count). The summed E-state index contributed by atoms with van der Waals surface area (Å²) in [6.45, 7) is 1.83. The van der Waals surface area contributed by atoms with Gasteiger partial charge in [0.05, 0.1) is 37.8 Å². The Bertz CT molecular complexity index is 791. The topological polar surface area (TPSA) is 87.1 Å². The highest BCUT2D eigenvalue weighted by molar-refractivity contribution is 6.08. The molecule has 0 fully saturated rings. The van der Waals surface area contributed by atoms with E-state index in [9.17, 15) is 14.4 Å². The number of esters is 3. The SMILES string of the molecule is CCOC(=O)[C@H]1[C@H](C(=O)OC)C(C(=O)OC)=C2c3cccn3C=CN21. The molecule has 3 heterocycles. The fourth-order valence-corrected chi connectivity index (χ4v) is 3.23. The third-order valence-corrected chi connectivity index (χ3v) is 4.24. The summed E-state index contributed by atoms with van der Waals surface area (Å²) in [5.41, 5.74) is 1.19. The number of ether oxygens (including phenoxy) is 3. The quantitative estimate of drug-likeness (QED) is 0.590. The van der Waals surface area contributed by atoms with E-state index in [-0.39, 0.29) is 12.2 Å². The lowest BCUT2D eigenvalue weighted by molar-refractivity contribution is -0.156. The summed E-state index contributed by atoms with van der Waals surface area (Å²) in [6.07, 6.45) is 5.17. The Morgan fingerprint density at radius 1 is 1.12 bits per heavy atom. The van der Waals surface area contributed by atoms with Crippen LogP contribution in [0.1, 0.15) is 12.6 Å². The van der Waals surface area contributed by atoms with Crippen LogP contribution in [0.5, 0.6) is 0 Å². The highest BCUT2D eigenvalue weighted by atomic mass is 16.5. The van der Waals surface area contributed by atoms with E-state index >= 15 is 0 Å². The Labute approximate surface area is 144 Å². The van der Waals surface area contributed by atoms with E-state index in [1.54, 1.807) is 47.1 Å².